The minimum atomic E-state index is -0.118. The number of hydrogen-bond donors (Lipinski definition) is 0. The van der Waals surface area contributed by atoms with Gasteiger partial charge in [0.2, 0.25) is 11.1 Å². The molecule has 10 heteroatoms. The molecule has 29 heavy (non-hydrogen) atoms. The topological polar surface area (TPSA) is 76.8 Å². The standard InChI is InChI=1S/C19H17ClN6OS2/c1-12(18-21-15-5-3-4-6-16(15)29-18)25(2)17(27)11-28-19-22-23-24-26(19)14-9-7-13(20)8-10-14/h3-10,12H,11H2,1-2H3. The molecular weight excluding hydrogens is 428 g/mol. The van der Waals surface area contributed by atoms with Crippen molar-refractivity contribution < 1.29 is 4.79 Å². The summed E-state index contributed by atoms with van der Waals surface area (Å²) in [6, 6.07) is 15.0. The van der Waals surface area contributed by atoms with Gasteiger partial charge >= 0.3 is 0 Å². The lowest BCUT2D eigenvalue weighted by Crippen LogP contribution is -2.31. The van der Waals surface area contributed by atoms with E-state index in [1.165, 1.54) is 11.8 Å². The highest BCUT2D eigenvalue weighted by molar-refractivity contribution is 7.99. The number of fused-ring (bicyclic) bond motifs is 1. The third-order valence-electron chi connectivity index (χ3n) is 4.48. The molecule has 2 aromatic carbocycles. The van der Waals surface area contributed by atoms with Gasteiger partial charge in [-0.2, -0.15) is 4.68 Å². The average molecular weight is 445 g/mol. The van der Waals surface area contributed by atoms with Crippen LogP contribution in [-0.2, 0) is 4.79 Å². The molecule has 0 bridgehead atoms. The number of carbonyl (C=O) groups is 1. The van der Waals surface area contributed by atoms with Crippen molar-refractivity contribution in [1.82, 2.24) is 30.1 Å². The fourth-order valence-corrected chi connectivity index (χ4v) is 4.70. The monoisotopic (exact) mass is 444 g/mol. The number of hydrogen-bond acceptors (Lipinski definition) is 7. The molecule has 1 amide bonds. The summed E-state index contributed by atoms with van der Waals surface area (Å²) in [5.74, 6) is 0.201. The lowest BCUT2D eigenvalue weighted by atomic mass is 10.3. The van der Waals surface area contributed by atoms with Crippen molar-refractivity contribution in [2.75, 3.05) is 12.8 Å². The summed E-state index contributed by atoms with van der Waals surface area (Å²) >= 11 is 8.84. The highest BCUT2D eigenvalue weighted by atomic mass is 35.5. The van der Waals surface area contributed by atoms with E-state index in [1.54, 1.807) is 40.1 Å². The van der Waals surface area contributed by atoms with Crippen molar-refractivity contribution in [2.45, 2.75) is 18.1 Å². The first-order valence-electron chi connectivity index (χ1n) is 8.81. The van der Waals surface area contributed by atoms with E-state index in [4.69, 9.17) is 11.6 Å². The van der Waals surface area contributed by atoms with E-state index in [-0.39, 0.29) is 17.7 Å². The quantitative estimate of drug-likeness (QED) is 0.414. The lowest BCUT2D eigenvalue weighted by molar-refractivity contribution is -0.128. The maximum Gasteiger partial charge on any atom is 0.233 e. The first-order valence-corrected chi connectivity index (χ1v) is 11.0. The Morgan fingerprint density at radius 2 is 2.00 bits per heavy atom. The number of aromatic nitrogens is 5. The normalized spacial score (nSPS) is 12.2. The molecule has 0 spiro atoms. The van der Waals surface area contributed by atoms with Crippen LogP contribution < -0.4 is 0 Å². The molecule has 1 unspecified atom stereocenters. The van der Waals surface area contributed by atoms with Crippen molar-refractivity contribution in [3.8, 4) is 5.69 Å². The van der Waals surface area contributed by atoms with Gasteiger partial charge in [-0.1, -0.05) is 35.5 Å². The molecule has 4 rings (SSSR count). The van der Waals surface area contributed by atoms with E-state index in [0.29, 0.717) is 10.2 Å². The average Bonchev–Trinajstić information content (AvgIpc) is 3.38. The number of thioether (sulfide) groups is 1. The van der Waals surface area contributed by atoms with Crippen molar-refractivity contribution in [3.05, 3.63) is 58.6 Å². The zero-order valence-corrected chi connectivity index (χ0v) is 18.1. The first-order chi connectivity index (χ1) is 14.0. The summed E-state index contributed by atoms with van der Waals surface area (Å²) in [6.45, 7) is 1.98. The Labute approximate surface area is 180 Å². The summed E-state index contributed by atoms with van der Waals surface area (Å²) < 4.78 is 2.71. The van der Waals surface area contributed by atoms with Crippen LogP contribution in [0.15, 0.2) is 53.7 Å². The fraction of sp³-hybridized carbons (Fsp3) is 0.211. The summed E-state index contributed by atoms with van der Waals surface area (Å²) in [6.07, 6.45) is 0. The van der Waals surface area contributed by atoms with Gasteiger partial charge in [-0.3, -0.25) is 4.79 Å². The molecule has 148 valence electrons. The molecule has 0 aliphatic rings. The van der Waals surface area contributed by atoms with Crippen LogP contribution in [0.4, 0.5) is 0 Å². The summed E-state index contributed by atoms with van der Waals surface area (Å²) in [5, 5.41) is 13.9. The van der Waals surface area contributed by atoms with Crippen molar-refractivity contribution in [2.24, 2.45) is 0 Å². The highest BCUT2D eigenvalue weighted by Crippen LogP contribution is 2.29. The van der Waals surface area contributed by atoms with Crippen LogP contribution in [0.1, 0.15) is 18.0 Å². The van der Waals surface area contributed by atoms with Crippen molar-refractivity contribution in [3.63, 3.8) is 0 Å². The molecule has 0 radical (unpaired) electrons. The number of benzene rings is 2. The Kier molecular flexibility index (Phi) is 5.79. The predicted molar refractivity (Wildman–Crippen MR) is 116 cm³/mol. The summed E-state index contributed by atoms with van der Waals surface area (Å²) in [4.78, 5) is 19.1. The number of tetrazole rings is 1. The molecule has 0 N–H and O–H groups in total. The Morgan fingerprint density at radius 3 is 2.76 bits per heavy atom. The van der Waals surface area contributed by atoms with Crippen LogP contribution in [-0.4, -0.2) is 48.8 Å². The smallest absolute Gasteiger partial charge is 0.233 e. The largest absolute Gasteiger partial charge is 0.336 e. The van der Waals surface area contributed by atoms with Gasteiger partial charge in [0, 0.05) is 12.1 Å². The molecule has 0 aliphatic carbocycles. The number of amides is 1. The summed E-state index contributed by atoms with van der Waals surface area (Å²) in [5.41, 5.74) is 1.74. The third kappa shape index (κ3) is 4.26. The van der Waals surface area contributed by atoms with Gasteiger partial charge in [-0.05, 0) is 53.7 Å². The molecule has 2 aromatic heterocycles. The van der Waals surface area contributed by atoms with Crippen LogP contribution in [0.2, 0.25) is 5.02 Å². The summed E-state index contributed by atoms with van der Waals surface area (Å²) in [7, 11) is 1.79. The molecule has 0 saturated carbocycles. The number of rotatable bonds is 6. The van der Waals surface area contributed by atoms with Crippen molar-refractivity contribution in [1.29, 1.82) is 0 Å². The van der Waals surface area contributed by atoms with Crippen LogP contribution >= 0.6 is 34.7 Å². The molecule has 7 nitrogen and oxygen atoms in total. The second kappa shape index (κ2) is 8.48. The van der Waals surface area contributed by atoms with Crippen LogP contribution in [0.25, 0.3) is 15.9 Å². The zero-order chi connectivity index (χ0) is 20.4. The van der Waals surface area contributed by atoms with Crippen LogP contribution in [0.5, 0.6) is 0 Å². The second-order valence-electron chi connectivity index (χ2n) is 6.34. The third-order valence-corrected chi connectivity index (χ3v) is 6.84. The Morgan fingerprint density at radius 1 is 1.24 bits per heavy atom. The molecular formula is C19H17ClN6OS2. The Hall–Kier alpha value is -2.49. The van der Waals surface area contributed by atoms with Crippen LogP contribution in [0, 0.1) is 0 Å². The van der Waals surface area contributed by atoms with E-state index >= 15 is 0 Å². The Bertz CT molecular complexity index is 1110. The van der Waals surface area contributed by atoms with E-state index in [9.17, 15) is 4.79 Å². The highest BCUT2D eigenvalue weighted by Gasteiger charge is 2.22. The second-order valence-corrected chi connectivity index (χ2v) is 8.78. The zero-order valence-electron chi connectivity index (χ0n) is 15.7. The van der Waals surface area contributed by atoms with E-state index < -0.39 is 0 Å². The molecule has 0 aliphatic heterocycles. The van der Waals surface area contributed by atoms with Gasteiger partial charge in [0.25, 0.3) is 0 Å². The van der Waals surface area contributed by atoms with Gasteiger partial charge in [-0.25, -0.2) is 4.98 Å². The molecule has 1 atom stereocenters. The lowest BCUT2D eigenvalue weighted by Gasteiger charge is -2.23. The number of halogens is 1. The van der Waals surface area contributed by atoms with Gasteiger partial charge in [-0.15, -0.1) is 16.4 Å². The van der Waals surface area contributed by atoms with Gasteiger partial charge in [0.1, 0.15) is 5.01 Å². The number of carbonyl (C=O) groups excluding carboxylic acids is 1. The number of nitrogens with zero attached hydrogens (tertiary/aromatic N) is 6. The number of thiazole rings is 1. The Balaban J connectivity index is 1.43. The maximum atomic E-state index is 12.7. The van der Waals surface area contributed by atoms with E-state index in [0.717, 1.165) is 20.9 Å². The van der Waals surface area contributed by atoms with Gasteiger partial charge in [0.05, 0.1) is 27.7 Å². The molecule has 4 aromatic rings. The minimum Gasteiger partial charge on any atom is -0.336 e. The van der Waals surface area contributed by atoms with Gasteiger partial charge < -0.3 is 4.90 Å². The molecule has 2 heterocycles. The van der Waals surface area contributed by atoms with Crippen LogP contribution in [0.3, 0.4) is 0 Å². The SMILES string of the molecule is CC(c1nc2ccccc2s1)N(C)C(=O)CSc1nnnn1-c1ccc(Cl)cc1. The minimum absolute atomic E-state index is 0.0209. The molecule has 0 saturated heterocycles. The predicted octanol–water partition coefficient (Wildman–Crippen LogP) is 4.24. The van der Waals surface area contributed by atoms with Crippen molar-refractivity contribution >= 4 is 50.8 Å². The molecule has 0 fully saturated rings. The first kappa shape index (κ1) is 19.8. The van der Waals surface area contributed by atoms with Gasteiger partial charge in [0.15, 0.2) is 0 Å². The van der Waals surface area contributed by atoms with E-state index in [1.807, 2.05) is 43.3 Å². The van der Waals surface area contributed by atoms with E-state index in [2.05, 4.69) is 20.5 Å². The maximum absolute atomic E-state index is 12.7. The number of para-hydroxylation sites is 1. The fourth-order valence-electron chi connectivity index (χ4n) is 2.69.